The molecule has 0 N–H and O–H groups in total. The first-order valence-electron chi connectivity index (χ1n) is 16.5. The molecule has 2 aliphatic heterocycles. The molecular formula is C39H34BrClN6O5. The van der Waals surface area contributed by atoms with Crippen LogP contribution in [0.5, 0.6) is 28.7 Å². The van der Waals surface area contributed by atoms with E-state index in [0.717, 1.165) is 32.6 Å². The van der Waals surface area contributed by atoms with Gasteiger partial charge in [0.15, 0.2) is 17.3 Å². The quantitative estimate of drug-likeness (QED) is 0.137. The molecule has 11 nitrogen and oxygen atoms in total. The van der Waals surface area contributed by atoms with E-state index in [1.807, 2.05) is 77.8 Å². The summed E-state index contributed by atoms with van der Waals surface area (Å²) in [5, 5.41) is 18.1. The zero-order valence-corrected chi connectivity index (χ0v) is 31.0. The zero-order chi connectivity index (χ0) is 36.2. The first-order chi connectivity index (χ1) is 25.4. The Labute approximate surface area is 315 Å². The molecule has 13 heteroatoms. The molecule has 1 atom stereocenters. The maximum absolute atomic E-state index is 10.5. The van der Waals surface area contributed by atoms with Crippen LogP contribution in [0, 0.1) is 11.3 Å². The van der Waals surface area contributed by atoms with Gasteiger partial charge in [-0.05, 0) is 83.9 Å². The van der Waals surface area contributed by atoms with Crippen LogP contribution in [-0.2, 0) is 4.74 Å². The van der Waals surface area contributed by atoms with Crippen LogP contribution >= 0.6 is 27.5 Å². The van der Waals surface area contributed by atoms with Gasteiger partial charge in [0, 0.05) is 34.6 Å². The third kappa shape index (κ3) is 7.21. The summed E-state index contributed by atoms with van der Waals surface area (Å²) < 4.78 is 29.8. The number of nitrogens with zero attached hydrogens (tertiary/aromatic N) is 6. The number of ether oxygens (including phenoxy) is 5. The van der Waals surface area contributed by atoms with Gasteiger partial charge in [0.05, 0.1) is 52.0 Å². The number of hydrogen-bond acceptors (Lipinski definition) is 11. The Hall–Kier alpha value is -5.35. The highest BCUT2D eigenvalue weighted by Crippen LogP contribution is 2.45. The average molecular weight is 782 g/mol. The van der Waals surface area contributed by atoms with E-state index >= 15 is 0 Å². The van der Waals surface area contributed by atoms with Crippen LogP contribution in [0.15, 0.2) is 94.5 Å². The molecule has 0 saturated carbocycles. The van der Waals surface area contributed by atoms with E-state index in [1.54, 1.807) is 33.5 Å². The normalized spacial score (nSPS) is 15.5. The second-order valence-electron chi connectivity index (χ2n) is 11.9. The lowest BCUT2D eigenvalue weighted by atomic mass is 9.97. The molecule has 0 radical (unpaired) electrons. The van der Waals surface area contributed by atoms with Crippen LogP contribution in [0.25, 0.3) is 11.3 Å². The minimum absolute atomic E-state index is 0.328. The minimum atomic E-state index is -0.383. The van der Waals surface area contributed by atoms with Crippen molar-refractivity contribution in [3.05, 3.63) is 111 Å². The summed E-state index contributed by atoms with van der Waals surface area (Å²) in [6, 6.07) is 28.6. The predicted molar refractivity (Wildman–Crippen MR) is 203 cm³/mol. The van der Waals surface area contributed by atoms with Crippen molar-refractivity contribution in [2.24, 2.45) is 5.10 Å². The van der Waals surface area contributed by atoms with Gasteiger partial charge in [-0.15, -0.1) is 0 Å². The molecule has 0 amide bonds. The van der Waals surface area contributed by atoms with Gasteiger partial charge in [-0.2, -0.15) is 15.3 Å². The summed E-state index contributed by atoms with van der Waals surface area (Å²) in [4.78, 5) is 12.2. The van der Waals surface area contributed by atoms with Gasteiger partial charge in [-0.25, -0.2) is 9.99 Å². The standard InChI is InChI=1S/C39H34BrClN6O5/c1-48-34-20-26(21-35(49-2)37(34)50-3)33-22-32(24-6-12-29(13-7-24)52-30-14-8-27(40)9-15-30)45-47(33)39-43-36(25-4-10-28(41)11-5-25)31(23-42)38(44-39)46-16-18-51-19-17-46/h4-15,20-21,33H,16-19,22H2,1-3H3. The third-order valence-corrected chi connectivity index (χ3v) is 9.62. The Balaban J connectivity index is 1.36. The number of hydrogen-bond donors (Lipinski definition) is 0. The van der Waals surface area contributed by atoms with Crippen molar-refractivity contribution < 1.29 is 23.7 Å². The summed E-state index contributed by atoms with van der Waals surface area (Å²) in [5.41, 5.74) is 4.13. The molecule has 0 bridgehead atoms. The lowest BCUT2D eigenvalue weighted by molar-refractivity contribution is 0.122. The van der Waals surface area contributed by atoms with Gasteiger partial charge < -0.3 is 28.6 Å². The van der Waals surface area contributed by atoms with Gasteiger partial charge in [-0.1, -0.05) is 39.7 Å². The number of nitriles is 1. The number of rotatable bonds is 10. The molecule has 0 aliphatic carbocycles. The maximum Gasteiger partial charge on any atom is 0.249 e. The number of halogens is 2. The van der Waals surface area contributed by atoms with Crippen molar-refractivity contribution >= 4 is 45.0 Å². The van der Waals surface area contributed by atoms with Crippen LogP contribution < -0.4 is 28.9 Å². The Morgan fingerprint density at radius 1 is 0.827 bits per heavy atom. The van der Waals surface area contributed by atoms with Crippen molar-refractivity contribution in [3.63, 3.8) is 0 Å². The van der Waals surface area contributed by atoms with E-state index < -0.39 is 0 Å². The number of aromatic nitrogens is 2. The molecule has 1 fully saturated rings. The van der Waals surface area contributed by atoms with Gasteiger partial charge in [0.25, 0.3) is 0 Å². The fourth-order valence-electron chi connectivity index (χ4n) is 6.24. The number of hydrazone groups is 1. The van der Waals surface area contributed by atoms with Gasteiger partial charge in [0.2, 0.25) is 11.7 Å². The number of anilines is 2. The smallest absolute Gasteiger partial charge is 0.249 e. The minimum Gasteiger partial charge on any atom is -0.493 e. The van der Waals surface area contributed by atoms with Crippen molar-refractivity contribution in [1.29, 1.82) is 5.26 Å². The third-order valence-electron chi connectivity index (χ3n) is 8.84. The highest BCUT2D eigenvalue weighted by Gasteiger charge is 2.35. The van der Waals surface area contributed by atoms with Crippen LogP contribution in [0.2, 0.25) is 5.02 Å². The van der Waals surface area contributed by atoms with Crippen molar-refractivity contribution in [2.75, 3.05) is 57.5 Å². The molecule has 2 aliphatic rings. The zero-order valence-electron chi connectivity index (χ0n) is 28.7. The van der Waals surface area contributed by atoms with Crippen LogP contribution in [0.1, 0.15) is 29.2 Å². The van der Waals surface area contributed by atoms with Gasteiger partial charge in [-0.3, -0.25) is 0 Å². The van der Waals surface area contributed by atoms with E-state index in [-0.39, 0.29) is 6.04 Å². The molecular weight excluding hydrogens is 748 g/mol. The average Bonchev–Trinajstić information content (AvgIpc) is 3.64. The van der Waals surface area contributed by atoms with E-state index in [2.05, 4.69) is 26.9 Å². The fraction of sp³-hybridized carbons (Fsp3) is 0.231. The Morgan fingerprint density at radius 3 is 2.04 bits per heavy atom. The summed E-state index contributed by atoms with van der Waals surface area (Å²) in [6.07, 6.45) is 0.498. The Morgan fingerprint density at radius 2 is 1.44 bits per heavy atom. The van der Waals surface area contributed by atoms with Crippen molar-refractivity contribution in [1.82, 2.24) is 9.97 Å². The van der Waals surface area contributed by atoms with Crippen molar-refractivity contribution in [2.45, 2.75) is 12.5 Å². The lowest BCUT2D eigenvalue weighted by Gasteiger charge is -2.30. The second kappa shape index (κ2) is 15.5. The number of benzene rings is 4. The lowest BCUT2D eigenvalue weighted by Crippen LogP contribution is -2.37. The molecule has 3 heterocycles. The highest BCUT2D eigenvalue weighted by molar-refractivity contribution is 9.10. The molecule has 0 spiro atoms. The Bertz CT molecular complexity index is 2110. The molecule has 7 rings (SSSR count). The van der Waals surface area contributed by atoms with Crippen molar-refractivity contribution in [3.8, 4) is 46.1 Å². The molecule has 1 unspecified atom stereocenters. The largest absolute Gasteiger partial charge is 0.493 e. The first-order valence-corrected chi connectivity index (χ1v) is 17.7. The second-order valence-corrected chi connectivity index (χ2v) is 13.3. The fourth-order valence-corrected chi connectivity index (χ4v) is 6.63. The summed E-state index contributed by atoms with van der Waals surface area (Å²) in [6.45, 7) is 2.18. The number of methoxy groups -OCH3 is 3. The molecule has 52 heavy (non-hydrogen) atoms. The highest BCUT2D eigenvalue weighted by atomic mass is 79.9. The van der Waals surface area contributed by atoms with Gasteiger partial charge in [0.1, 0.15) is 23.1 Å². The predicted octanol–water partition coefficient (Wildman–Crippen LogP) is 8.44. The topological polar surface area (TPSA) is 115 Å². The van der Waals surface area contributed by atoms with E-state index in [1.165, 1.54) is 0 Å². The van der Waals surface area contributed by atoms with Gasteiger partial charge >= 0.3 is 0 Å². The van der Waals surface area contributed by atoms with E-state index in [9.17, 15) is 5.26 Å². The number of morpholine rings is 1. The molecule has 5 aromatic rings. The summed E-state index contributed by atoms with van der Waals surface area (Å²) in [5.74, 6) is 3.77. The monoisotopic (exact) mass is 780 g/mol. The maximum atomic E-state index is 10.5. The van der Waals surface area contributed by atoms with Crippen LogP contribution in [-0.4, -0.2) is 63.3 Å². The molecule has 264 valence electrons. The Kier molecular flexibility index (Phi) is 10.4. The first kappa shape index (κ1) is 35.1. The molecule has 1 saturated heterocycles. The van der Waals surface area contributed by atoms with Crippen LogP contribution in [0.4, 0.5) is 11.8 Å². The van der Waals surface area contributed by atoms with E-state index in [4.69, 9.17) is 50.4 Å². The SMILES string of the molecule is COc1cc(C2CC(c3ccc(Oc4ccc(Br)cc4)cc3)=NN2c2nc(-c3ccc(Cl)cc3)c(C#N)c(N3CCOCC3)n2)cc(OC)c1OC. The summed E-state index contributed by atoms with van der Waals surface area (Å²) >= 11 is 9.73. The van der Waals surface area contributed by atoms with E-state index in [0.29, 0.717) is 83.8 Å². The molecule has 1 aromatic heterocycles. The van der Waals surface area contributed by atoms with Crippen LogP contribution in [0.3, 0.4) is 0 Å². The summed E-state index contributed by atoms with van der Waals surface area (Å²) in [7, 11) is 4.75. The molecule has 4 aromatic carbocycles.